The molecule has 0 saturated carbocycles. The zero-order chi connectivity index (χ0) is 44.5. The Morgan fingerprint density at radius 1 is 0.383 bits per heavy atom. The number of hydrogen-bond donors (Lipinski definition) is 0. The highest BCUT2D eigenvalue weighted by atomic mass is 29.3. The van der Waals surface area contributed by atoms with Crippen molar-refractivity contribution < 1.29 is 31.6 Å². The van der Waals surface area contributed by atoms with E-state index in [2.05, 4.69) is 83.1 Å². The number of rotatable bonds is 42. The lowest BCUT2D eigenvalue weighted by atomic mass is 10.0. The van der Waals surface area contributed by atoms with Crippen LogP contribution in [0.3, 0.4) is 0 Å². The van der Waals surface area contributed by atoms with Gasteiger partial charge in [-0.1, -0.05) is 199 Å². The SMILES string of the molecule is CCCCC(CC)COC1(OCC(CC)CCCC)CC[Si](OCC(CC)CCCC)(OCC(CC)CCCC)[Si](OCC(CC)CCCC)(OCC(CC)CCCC)O1. The molecule has 0 spiro atoms. The van der Waals surface area contributed by atoms with Gasteiger partial charge in [0.05, 0.1) is 13.2 Å². The van der Waals surface area contributed by atoms with Crippen molar-refractivity contribution in [2.75, 3.05) is 39.6 Å². The standard InChI is InChI=1S/C51H106O7Si2/c1-13-25-31-45(19-7)39-52-51(53-40-46(20-8)32-26-14-2)37-38-59(54-41-47(21-9)33-27-15-3,55-42-48(22-10)34-28-16-4)60(58-51,56-43-49(23-11)35-29-17-5)57-44-50(24-12)36-30-18-6/h45-50H,13-44H2,1-12H3. The zero-order valence-electron chi connectivity index (χ0n) is 42.4. The van der Waals surface area contributed by atoms with Gasteiger partial charge in [0, 0.05) is 38.9 Å². The van der Waals surface area contributed by atoms with Crippen molar-refractivity contribution in [3.8, 4) is 0 Å². The molecule has 1 fully saturated rings. The van der Waals surface area contributed by atoms with E-state index in [4.69, 9.17) is 31.6 Å². The highest BCUT2D eigenvalue weighted by molar-refractivity contribution is 7.29. The van der Waals surface area contributed by atoms with Crippen molar-refractivity contribution >= 4 is 16.4 Å². The summed E-state index contributed by atoms with van der Waals surface area (Å²) in [7, 11) is -7.19. The van der Waals surface area contributed by atoms with E-state index in [9.17, 15) is 0 Å². The van der Waals surface area contributed by atoms with Crippen molar-refractivity contribution in [2.45, 2.75) is 256 Å². The van der Waals surface area contributed by atoms with Gasteiger partial charge in [0.25, 0.3) is 5.97 Å². The molecule has 0 bridgehead atoms. The van der Waals surface area contributed by atoms with Crippen LogP contribution in [0.25, 0.3) is 0 Å². The molecule has 9 heteroatoms. The fourth-order valence-corrected chi connectivity index (χ4v) is 19.2. The molecule has 1 aliphatic rings. The number of ether oxygens (including phenoxy) is 2. The Hall–Kier alpha value is 0.154. The fraction of sp³-hybridized carbons (Fsp3) is 1.00. The summed E-state index contributed by atoms with van der Waals surface area (Å²) in [4.78, 5) is 0. The zero-order valence-corrected chi connectivity index (χ0v) is 44.4. The Balaban J connectivity index is 4.15. The van der Waals surface area contributed by atoms with Crippen LogP contribution in [0.4, 0.5) is 0 Å². The van der Waals surface area contributed by atoms with E-state index in [1.54, 1.807) is 0 Å². The van der Waals surface area contributed by atoms with E-state index in [0.29, 0.717) is 87.6 Å². The van der Waals surface area contributed by atoms with Crippen molar-refractivity contribution in [1.29, 1.82) is 0 Å². The second kappa shape index (κ2) is 35.4. The van der Waals surface area contributed by atoms with Gasteiger partial charge in [-0.3, -0.25) is 0 Å². The molecule has 6 unspecified atom stereocenters. The maximum Gasteiger partial charge on any atom is 0.543 e. The summed E-state index contributed by atoms with van der Waals surface area (Å²) in [5, 5.41) is 0. The molecule has 1 heterocycles. The van der Waals surface area contributed by atoms with Crippen LogP contribution >= 0.6 is 0 Å². The van der Waals surface area contributed by atoms with Gasteiger partial charge in [-0.05, 0) is 74.0 Å². The maximum atomic E-state index is 7.83. The minimum Gasteiger partial charge on any atom is -0.391 e. The van der Waals surface area contributed by atoms with Gasteiger partial charge >= 0.3 is 16.4 Å². The van der Waals surface area contributed by atoms with Crippen LogP contribution in [0.2, 0.25) is 6.04 Å². The smallest absolute Gasteiger partial charge is 0.391 e. The Morgan fingerprint density at radius 2 is 0.650 bits per heavy atom. The molecule has 0 N–H and O–H groups in total. The minimum absolute atomic E-state index is 0.409. The van der Waals surface area contributed by atoms with E-state index in [1.165, 1.54) is 77.0 Å². The van der Waals surface area contributed by atoms with Crippen molar-refractivity contribution in [3.05, 3.63) is 0 Å². The lowest BCUT2D eigenvalue weighted by molar-refractivity contribution is -0.369. The van der Waals surface area contributed by atoms with E-state index in [1.807, 2.05) is 0 Å². The summed E-state index contributed by atoms with van der Waals surface area (Å²) in [5.74, 6) is 1.35. The largest absolute Gasteiger partial charge is 0.543 e. The lowest BCUT2D eigenvalue weighted by Gasteiger charge is -2.52. The minimum atomic E-state index is -3.83. The molecule has 0 aromatic carbocycles. The predicted octanol–water partition coefficient (Wildman–Crippen LogP) is 15.9. The summed E-state index contributed by atoms with van der Waals surface area (Å²) in [6.45, 7) is 31.3. The summed E-state index contributed by atoms with van der Waals surface area (Å²) in [5.41, 5.74) is 0. The van der Waals surface area contributed by atoms with E-state index >= 15 is 0 Å². The highest BCUT2D eigenvalue weighted by Gasteiger charge is 2.75. The normalized spacial score (nSPS) is 24.0. The van der Waals surface area contributed by atoms with Crippen LogP contribution in [-0.4, -0.2) is 62.0 Å². The van der Waals surface area contributed by atoms with Gasteiger partial charge in [0.1, 0.15) is 0 Å². The molecule has 6 atom stereocenters. The predicted molar refractivity (Wildman–Crippen MR) is 260 cm³/mol. The average molecular weight is 888 g/mol. The molecule has 60 heavy (non-hydrogen) atoms. The Bertz CT molecular complexity index is 912. The second-order valence-electron chi connectivity index (χ2n) is 19.0. The first kappa shape index (κ1) is 58.2. The van der Waals surface area contributed by atoms with Crippen molar-refractivity contribution in [1.82, 2.24) is 0 Å². The average Bonchev–Trinajstić information content (AvgIpc) is 3.27. The van der Waals surface area contributed by atoms with Crippen LogP contribution < -0.4 is 0 Å². The molecular weight excluding hydrogens is 781 g/mol. The van der Waals surface area contributed by atoms with Gasteiger partial charge in [0.2, 0.25) is 0 Å². The monoisotopic (exact) mass is 887 g/mol. The third-order valence-corrected chi connectivity index (χ3v) is 24.3. The molecule has 1 saturated heterocycles. The van der Waals surface area contributed by atoms with E-state index in [0.717, 1.165) is 77.0 Å². The quantitative estimate of drug-likeness (QED) is 0.0447. The van der Waals surface area contributed by atoms with Crippen molar-refractivity contribution in [3.63, 3.8) is 0 Å². The first-order valence-corrected chi connectivity index (χ1v) is 31.4. The molecule has 0 aromatic rings. The van der Waals surface area contributed by atoms with E-state index < -0.39 is 22.4 Å². The van der Waals surface area contributed by atoms with Crippen LogP contribution in [0.15, 0.2) is 0 Å². The molecule has 360 valence electrons. The highest BCUT2D eigenvalue weighted by Crippen LogP contribution is 2.45. The fourth-order valence-electron chi connectivity index (χ4n) is 8.57. The lowest BCUT2D eigenvalue weighted by Crippen LogP contribution is -2.78. The molecule has 0 aromatic heterocycles. The van der Waals surface area contributed by atoms with E-state index in [-0.39, 0.29) is 0 Å². The Labute approximate surface area is 377 Å². The molecule has 0 amide bonds. The third-order valence-electron chi connectivity index (χ3n) is 14.0. The topological polar surface area (TPSA) is 64.6 Å². The number of hydrogen-bond acceptors (Lipinski definition) is 7. The van der Waals surface area contributed by atoms with Gasteiger partial charge in [-0.2, -0.15) is 0 Å². The maximum absolute atomic E-state index is 7.83. The van der Waals surface area contributed by atoms with Crippen LogP contribution in [0.1, 0.15) is 244 Å². The number of unbranched alkanes of at least 4 members (excludes halogenated alkanes) is 6. The summed E-state index contributed by atoms with van der Waals surface area (Å²) >= 11 is 0. The molecule has 7 nitrogen and oxygen atoms in total. The second-order valence-corrected chi connectivity index (χ2v) is 27.6. The van der Waals surface area contributed by atoms with Crippen LogP contribution in [0.5, 0.6) is 0 Å². The van der Waals surface area contributed by atoms with Crippen molar-refractivity contribution in [2.24, 2.45) is 35.5 Å². The third kappa shape index (κ3) is 21.4. The summed E-state index contributed by atoms with van der Waals surface area (Å²) in [6, 6.07) is 0.697. The molecular formula is C51H106O7Si2. The summed E-state index contributed by atoms with van der Waals surface area (Å²) < 4.78 is 52.7. The Morgan fingerprint density at radius 3 is 0.917 bits per heavy atom. The summed E-state index contributed by atoms with van der Waals surface area (Å²) in [6.07, 6.45) is 28.2. The van der Waals surface area contributed by atoms with Gasteiger partial charge < -0.3 is 31.6 Å². The Kier molecular flexibility index (Phi) is 34.3. The van der Waals surface area contributed by atoms with Gasteiger partial charge in [0.15, 0.2) is 0 Å². The molecule has 0 radical (unpaired) electrons. The van der Waals surface area contributed by atoms with Gasteiger partial charge in [-0.15, -0.1) is 0 Å². The first-order chi connectivity index (χ1) is 29.1. The first-order valence-electron chi connectivity index (χ1n) is 26.7. The molecule has 1 aliphatic heterocycles. The van der Waals surface area contributed by atoms with Crippen LogP contribution in [0, 0.1) is 35.5 Å². The van der Waals surface area contributed by atoms with Crippen LogP contribution in [-0.2, 0) is 31.6 Å². The van der Waals surface area contributed by atoms with Gasteiger partial charge in [-0.25, -0.2) is 0 Å². The molecule has 0 aliphatic carbocycles. The molecule has 1 rings (SSSR count).